The molecule has 24 heavy (non-hydrogen) atoms. The van der Waals surface area contributed by atoms with Gasteiger partial charge in [0.2, 0.25) is 0 Å². The molecule has 4 bridgehead atoms. The lowest BCUT2D eigenvalue weighted by Crippen LogP contribution is -2.48. The standard InChI is InChI=1S/C21H22BrNO/c22-20-6-5-19(24-20)13-23-18-3-1-17(2-4-18)21-10-14-7-15(11-21)9-16(8-14)12-21/h1-6,13-16H,7-12H2. The van der Waals surface area contributed by atoms with Crippen molar-refractivity contribution in [3.8, 4) is 0 Å². The maximum Gasteiger partial charge on any atom is 0.169 e. The normalized spacial score (nSPS) is 34.3. The molecule has 0 atom stereocenters. The fraction of sp³-hybridized carbons (Fsp3) is 0.476. The van der Waals surface area contributed by atoms with Crippen LogP contribution in [0.1, 0.15) is 49.8 Å². The maximum absolute atomic E-state index is 5.46. The van der Waals surface area contributed by atoms with Crippen molar-refractivity contribution >= 4 is 27.8 Å². The van der Waals surface area contributed by atoms with Crippen molar-refractivity contribution in [1.82, 2.24) is 0 Å². The molecule has 1 aromatic heterocycles. The first-order chi connectivity index (χ1) is 11.7. The molecule has 0 saturated heterocycles. The third kappa shape index (κ3) is 2.57. The molecule has 1 heterocycles. The number of furan rings is 1. The summed E-state index contributed by atoms with van der Waals surface area (Å²) in [5.41, 5.74) is 3.03. The molecule has 4 saturated carbocycles. The lowest BCUT2D eigenvalue weighted by molar-refractivity contribution is -0.00518. The van der Waals surface area contributed by atoms with Gasteiger partial charge in [-0.15, -0.1) is 0 Å². The van der Waals surface area contributed by atoms with Gasteiger partial charge in [-0.3, -0.25) is 4.99 Å². The molecule has 0 radical (unpaired) electrons. The van der Waals surface area contributed by atoms with Crippen LogP contribution in [0.2, 0.25) is 0 Å². The van der Waals surface area contributed by atoms with Crippen molar-refractivity contribution in [1.29, 1.82) is 0 Å². The van der Waals surface area contributed by atoms with Gasteiger partial charge in [0.15, 0.2) is 4.67 Å². The van der Waals surface area contributed by atoms with Gasteiger partial charge in [0.05, 0.1) is 11.9 Å². The summed E-state index contributed by atoms with van der Waals surface area (Å²) in [5.74, 6) is 3.75. The number of nitrogens with zero attached hydrogens (tertiary/aromatic N) is 1. The molecule has 3 heteroatoms. The molecule has 4 aliphatic rings. The summed E-state index contributed by atoms with van der Waals surface area (Å²) >= 11 is 3.32. The molecule has 6 rings (SSSR count). The van der Waals surface area contributed by atoms with E-state index in [-0.39, 0.29) is 0 Å². The Labute approximate surface area is 151 Å². The molecule has 0 unspecified atom stereocenters. The van der Waals surface area contributed by atoms with Crippen molar-refractivity contribution < 1.29 is 4.42 Å². The highest BCUT2D eigenvalue weighted by atomic mass is 79.9. The molecule has 4 fully saturated rings. The number of benzene rings is 1. The number of aliphatic imine (C=N–C) groups is 1. The van der Waals surface area contributed by atoms with E-state index in [1.165, 1.54) is 38.5 Å². The van der Waals surface area contributed by atoms with Gasteiger partial charge < -0.3 is 4.42 Å². The van der Waals surface area contributed by atoms with Gasteiger partial charge in [-0.25, -0.2) is 0 Å². The molecule has 0 spiro atoms. The van der Waals surface area contributed by atoms with Crippen LogP contribution in [0.3, 0.4) is 0 Å². The molecule has 0 aliphatic heterocycles. The second-order valence-corrected chi connectivity index (χ2v) is 8.93. The second kappa shape index (κ2) is 5.59. The summed E-state index contributed by atoms with van der Waals surface area (Å²) in [7, 11) is 0. The third-order valence-electron chi connectivity index (χ3n) is 6.45. The quantitative estimate of drug-likeness (QED) is 0.574. The van der Waals surface area contributed by atoms with Crippen LogP contribution in [0.15, 0.2) is 50.5 Å². The van der Waals surface area contributed by atoms with Gasteiger partial charge in [0.1, 0.15) is 5.76 Å². The highest BCUT2D eigenvalue weighted by molar-refractivity contribution is 9.10. The first-order valence-electron chi connectivity index (χ1n) is 9.08. The molecule has 4 aliphatic carbocycles. The number of hydrogen-bond acceptors (Lipinski definition) is 2. The Hall–Kier alpha value is -1.35. The number of hydrogen-bond donors (Lipinski definition) is 0. The SMILES string of the molecule is Brc1ccc(C=Nc2ccc(C34CC5CC(CC(C5)C3)C4)cc2)o1. The fourth-order valence-corrected chi connectivity index (χ4v) is 6.22. The minimum atomic E-state index is 0.475. The van der Waals surface area contributed by atoms with Gasteiger partial charge in [-0.1, -0.05) is 12.1 Å². The van der Waals surface area contributed by atoms with E-state index >= 15 is 0 Å². The number of halogens is 1. The van der Waals surface area contributed by atoms with Gasteiger partial charge >= 0.3 is 0 Å². The Morgan fingerprint density at radius 2 is 1.54 bits per heavy atom. The van der Waals surface area contributed by atoms with Crippen LogP contribution in [0.4, 0.5) is 5.69 Å². The Bertz CT molecular complexity index is 738. The predicted molar refractivity (Wildman–Crippen MR) is 100.0 cm³/mol. The molecule has 2 aromatic rings. The first kappa shape index (κ1) is 14.9. The van der Waals surface area contributed by atoms with E-state index in [1.54, 1.807) is 11.8 Å². The smallest absolute Gasteiger partial charge is 0.169 e. The fourth-order valence-electron chi connectivity index (χ4n) is 5.90. The summed E-state index contributed by atoms with van der Waals surface area (Å²) < 4.78 is 6.20. The summed E-state index contributed by atoms with van der Waals surface area (Å²) in [5, 5.41) is 0. The van der Waals surface area contributed by atoms with Gasteiger partial charge in [0.25, 0.3) is 0 Å². The van der Waals surface area contributed by atoms with Crippen molar-refractivity contribution in [3.05, 3.63) is 52.4 Å². The van der Waals surface area contributed by atoms with E-state index in [2.05, 4.69) is 45.2 Å². The van der Waals surface area contributed by atoms with Crippen LogP contribution in [0.5, 0.6) is 0 Å². The summed E-state index contributed by atoms with van der Waals surface area (Å²) in [6, 6.07) is 12.8. The summed E-state index contributed by atoms with van der Waals surface area (Å²) in [6.45, 7) is 0. The molecule has 0 N–H and O–H groups in total. The molecule has 124 valence electrons. The summed E-state index contributed by atoms with van der Waals surface area (Å²) in [4.78, 5) is 4.54. The van der Waals surface area contributed by atoms with Crippen molar-refractivity contribution in [2.24, 2.45) is 22.7 Å². The highest BCUT2D eigenvalue weighted by Crippen LogP contribution is 2.60. The van der Waals surface area contributed by atoms with E-state index in [4.69, 9.17) is 4.42 Å². The average Bonchev–Trinajstić information content (AvgIpc) is 2.98. The van der Waals surface area contributed by atoms with Crippen molar-refractivity contribution in [3.63, 3.8) is 0 Å². The topological polar surface area (TPSA) is 25.5 Å². The molecule has 2 nitrogen and oxygen atoms in total. The lowest BCUT2D eigenvalue weighted by Gasteiger charge is -2.57. The Morgan fingerprint density at radius 1 is 0.917 bits per heavy atom. The van der Waals surface area contributed by atoms with Crippen LogP contribution < -0.4 is 0 Å². The molecular weight excluding hydrogens is 362 g/mol. The second-order valence-electron chi connectivity index (χ2n) is 8.14. The van der Waals surface area contributed by atoms with E-state index in [0.717, 1.165) is 33.9 Å². The van der Waals surface area contributed by atoms with E-state index in [9.17, 15) is 0 Å². The van der Waals surface area contributed by atoms with E-state index < -0.39 is 0 Å². The van der Waals surface area contributed by atoms with Gasteiger partial charge in [-0.05, 0) is 107 Å². The maximum atomic E-state index is 5.46. The van der Waals surface area contributed by atoms with Crippen LogP contribution >= 0.6 is 15.9 Å². The van der Waals surface area contributed by atoms with Crippen LogP contribution in [-0.2, 0) is 5.41 Å². The van der Waals surface area contributed by atoms with Crippen LogP contribution in [0.25, 0.3) is 0 Å². The van der Waals surface area contributed by atoms with Crippen LogP contribution in [-0.4, -0.2) is 6.21 Å². The van der Waals surface area contributed by atoms with Crippen molar-refractivity contribution in [2.45, 2.75) is 43.9 Å². The lowest BCUT2D eigenvalue weighted by atomic mass is 9.48. The Morgan fingerprint density at radius 3 is 2.08 bits per heavy atom. The van der Waals surface area contributed by atoms with Crippen LogP contribution in [0, 0.1) is 17.8 Å². The third-order valence-corrected chi connectivity index (χ3v) is 6.88. The minimum Gasteiger partial charge on any atom is -0.448 e. The average molecular weight is 384 g/mol. The first-order valence-corrected chi connectivity index (χ1v) is 9.88. The van der Waals surface area contributed by atoms with Gasteiger partial charge in [0, 0.05) is 0 Å². The Balaban J connectivity index is 1.38. The molecular formula is C21H22BrNO. The highest BCUT2D eigenvalue weighted by Gasteiger charge is 2.51. The molecule has 0 amide bonds. The zero-order valence-corrected chi connectivity index (χ0v) is 15.3. The largest absolute Gasteiger partial charge is 0.448 e. The molecule has 1 aromatic carbocycles. The summed E-state index contributed by atoms with van der Waals surface area (Å²) in [6.07, 6.45) is 10.5. The Kier molecular flexibility index (Phi) is 3.48. The van der Waals surface area contributed by atoms with E-state index in [0.29, 0.717) is 5.41 Å². The van der Waals surface area contributed by atoms with E-state index in [1.807, 2.05) is 12.1 Å². The zero-order valence-electron chi connectivity index (χ0n) is 13.7. The predicted octanol–water partition coefficient (Wildman–Crippen LogP) is 6.26. The van der Waals surface area contributed by atoms with Gasteiger partial charge in [-0.2, -0.15) is 0 Å². The number of rotatable bonds is 3. The van der Waals surface area contributed by atoms with Crippen molar-refractivity contribution in [2.75, 3.05) is 0 Å². The zero-order chi connectivity index (χ0) is 16.1. The minimum absolute atomic E-state index is 0.475. The monoisotopic (exact) mass is 383 g/mol.